The van der Waals surface area contributed by atoms with Crippen molar-refractivity contribution in [1.29, 1.82) is 0 Å². The molecule has 1 aromatic carbocycles. The van der Waals surface area contributed by atoms with Gasteiger partial charge in [0, 0.05) is 5.69 Å². The first-order valence-electron chi connectivity index (χ1n) is 6.83. The summed E-state index contributed by atoms with van der Waals surface area (Å²) in [6.07, 6.45) is 2.94. The molecule has 0 aromatic heterocycles. The lowest BCUT2D eigenvalue weighted by atomic mass is 9.90. The molecule has 108 valence electrons. The number of piperidine rings is 1. The molecule has 1 saturated heterocycles. The lowest BCUT2D eigenvalue weighted by Gasteiger charge is -2.33. The molecule has 3 N–H and O–H groups in total. The van der Waals surface area contributed by atoms with Gasteiger partial charge in [-0.2, -0.15) is 0 Å². The predicted octanol–water partition coefficient (Wildman–Crippen LogP) is 2.16. The lowest BCUT2D eigenvalue weighted by Crippen LogP contribution is -2.54. The smallest absolute Gasteiger partial charge is 0.335 e. The Morgan fingerprint density at radius 2 is 2.10 bits per heavy atom. The summed E-state index contributed by atoms with van der Waals surface area (Å²) >= 11 is 0. The Hall–Kier alpha value is -1.88. The molecule has 5 heteroatoms. The van der Waals surface area contributed by atoms with Gasteiger partial charge >= 0.3 is 5.97 Å². The van der Waals surface area contributed by atoms with E-state index in [-0.39, 0.29) is 11.5 Å². The molecule has 1 atom stereocenters. The molecule has 1 fully saturated rings. The number of carboxylic acid groups (broad SMARTS) is 1. The second-order valence-electron chi connectivity index (χ2n) is 5.50. The zero-order valence-corrected chi connectivity index (χ0v) is 11.8. The van der Waals surface area contributed by atoms with E-state index >= 15 is 0 Å². The van der Waals surface area contributed by atoms with E-state index in [0.29, 0.717) is 11.3 Å². The summed E-state index contributed by atoms with van der Waals surface area (Å²) in [5, 5.41) is 15.1. The fraction of sp³-hybridized carbons (Fsp3) is 0.467. The Labute approximate surface area is 118 Å². The molecular formula is C15H20N2O3. The van der Waals surface area contributed by atoms with E-state index in [1.165, 1.54) is 6.07 Å². The molecule has 1 unspecified atom stereocenters. The second kappa shape index (κ2) is 5.63. The van der Waals surface area contributed by atoms with Crippen molar-refractivity contribution < 1.29 is 14.7 Å². The normalized spacial score (nSPS) is 22.3. The van der Waals surface area contributed by atoms with Gasteiger partial charge in [0.05, 0.1) is 11.1 Å². The van der Waals surface area contributed by atoms with E-state index < -0.39 is 11.5 Å². The third kappa shape index (κ3) is 2.99. The van der Waals surface area contributed by atoms with Crippen LogP contribution < -0.4 is 10.6 Å². The summed E-state index contributed by atoms with van der Waals surface area (Å²) < 4.78 is 0. The zero-order valence-electron chi connectivity index (χ0n) is 11.8. The van der Waals surface area contributed by atoms with Crippen LogP contribution in [0.1, 0.15) is 42.1 Å². The molecule has 1 amide bonds. The number of amides is 1. The minimum atomic E-state index is -0.957. The van der Waals surface area contributed by atoms with Gasteiger partial charge in [-0.05, 0) is 63.4 Å². The van der Waals surface area contributed by atoms with Crippen molar-refractivity contribution in [3.05, 3.63) is 29.3 Å². The Balaban J connectivity index is 2.12. The van der Waals surface area contributed by atoms with Crippen LogP contribution in [-0.2, 0) is 4.79 Å². The minimum absolute atomic E-state index is 0.0697. The number of carbonyl (C=O) groups is 2. The first-order valence-corrected chi connectivity index (χ1v) is 6.83. The summed E-state index contributed by atoms with van der Waals surface area (Å²) in [6, 6.07) is 4.83. The SMILES string of the molecule is Cc1cc(NC(=O)C2(C)CCCCN2)ccc1C(=O)O. The molecule has 2 rings (SSSR count). The highest BCUT2D eigenvalue weighted by Gasteiger charge is 2.34. The number of aromatic carboxylic acids is 1. The number of anilines is 1. The molecule has 0 bridgehead atoms. The van der Waals surface area contributed by atoms with Crippen LogP contribution in [0.4, 0.5) is 5.69 Å². The zero-order chi connectivity index (χ0) is 14.8. The van der Waals surface area contributed by atoms with Crippen molar-refractivity contribution in [2.45, 2.75) is 38.6 Å². The molecule has 0 saturated carbocycles. The first kappa shape index (κ1) is 14.5. The number of aryl methyl sites for hydroxylation is 1. The van der Waals surface area contributed by atoms with Crippen molar-refractivity contribution in [2.24, 2.45) is 0 Å². The van der Waals surface area contributed by atoms with Gasteiger partial charge in [-0.25, -0.2) is 4.79 Å². The number of hydrogen-bond donors (Lipinski definition) is 3. The van der Waals surface area contributed by atoms with E-state index in [1.807, 2.05) is 6.92 Å². The summed E-state index contributed by atoms with van der Waals surface area (Å²) in [5.74, 6) is -1.03. The number of hydrogen-bond acceptors (Lipinski definition) is 3. The molecule has 1 aliphatic heterocycles. The van der Waals surface area contributed by atoms with Crippen molar-refractivity contribution >= 4 is 17.6 Å². The molecule has 1 aliphatic rings. The minimum Gasteiger partial charge on any atom is -0.478 e. The maximum absolute atomic E-state index is 12.3. The van der Waals surface area contributed by atoms with Gasteiger partial charge in [0.2, 0.25) is 5.91 Å². The van der Waals surface area contributed by atoms with Gasteiger partial charge in [0.1, 0.15) is 0 Å². The van der Waals surface area contributed by atoms with Crippen LogP contribution in [0.15, 0.2) is 18.2 Å². The predicted molar refractivity (Wildman–Crippen MR) is 77.0 cm³/mol. The van der Waals surface area contributed by atoms with Gasteiger partial charge in [-0.1, -0.05) is 0 Å². The Morgan fingerprint density at radius 1 is 1.35 bits per heavy atom. The van der Waals surface area contributed by atoms with Crippen molar-refractivity contribution in [3.63, 3.8) is 0 Å². The summed E-state index contributed by atoms with van der Waals surface area (Å²) in [5.41, 5.74) is 0.977. The van der Waals surface area contributed by atoms with Crippen LogP contribution in [0.3, 0.4) is 0 Å². The van der Waals surface area contributed by atoms with Crippen molar-refractivity contribution in [3.8, 4) is 0 Å². The van der Waals surface area contributed by atoms with Crippen LogP contribution in [0.25, 0.3) is 0 Å². The number of benzene rings is 1. The summed E-state index contributed by atoms with van der Waals surface area (Å²) in [4.78, 5) is 23.3. The Kier molecular flexibility index (Phi) is 4.09. The molecule has 0 spiro atoms. The van der Waals surface area contributed by atoms with Gasteiger partial charge in [0.15, 0.2) is 0 Å². The highest BCUT2D eigenvalue weighted by atomic mass is 16.4. The highest BCUT2D eigenvalue weighted by molar-refractivity contribution is 5.98. The number of carbonyl (C=O) groups excluding carboxylic acids is 1. The van der Waals surface area contributed by atoms with E-state index in [0.717, 1.165) is 25.8 Å². The van der Waals surface area contributed by atoms with Crippen LogP contribution >= 0.6 is 0 Å². The molecule has 0 aliphatic carbocycles. The Bertz CT molecular complexity index is 534. The number of nitrogens with one attached hydrogen (secondary N) is 2. The van der Waals surface area contributed by atoms with Crippen LogP contribution in [0, 0.1) is 6.92 Å². The van der Waals surface area contributed by atoms with Crippen LogP contribution in [-0.4, -0.2) is 29.1 Å². The summed E-state index contributed by atoms with van der Waals surface area (Å²) in [7, 11) is 0. The molecule has 0 radical (unpaired) electrons. The first-order chi connectivity index (χ1) is 9.42. The van der Waals surface area contributed by atoms with Crippen molar-refractivity contribution in [2.75, 3.05) is 11.9 Å². The topological polar surface area (TPSA) is 78.4 Å². The van der Waals surface area contributed by atoms with Gasteiger partial charge in [-0.15, -0.1) is 0 Å². The molecule has 1 aromatic rings. The third-order valence-corrected chi connectivity index (χ3v) is 3.83. The fourth-order valence-corrected chi connectivity index (χ4v) is 2.50. The van der Waals surface area contributed by atoms with Crippen LogP contribution in [0.2, 0.25) is 0 Å². The quantitative estimate of drug-likeness (QED) is 0.790. The highest BCUT2D eigenvalue weighted by Crippen LogP contribution is 2.22. The van der Waals surface area contributed by atoms with E-state index in [2.05, 4.69) is 10.6 Å². The lowest BCUT2D eigenvalue weighted by molar-refractivity contribution is -0.122. The van der Waals surface area contributed by atoms with E-state index in [1.54, 1.807) is 19.1 Å². The van der Waals surface area contributed by atoms with E-state index in [4.69, 9.17) is 5.11 Å². The monoisotopic (exact) mass is 276 g/mol. The van der Waals surface area contributed by atoms with E-state index in [9.17, 15) is 9.59 Å². The average Bonchev–Trinajstić information content (AvgIpc) is 2.39. The molecule has 20 heavy (non-hydrogen) atoms. The van der Waals surface area contributed by atoms with Crippen LogP contribution in [0.5, 0.6) is 0 Å². The second-order valence-corrected chi connectivity index (χ2v) is 5.50. The average molecular weight is 276 g/mol. The maximum atomic E-state index is 12.3. The maximum Gasteiger partial charge on any atom is 0.335 e. The third-order valence-electron chi connectivity index (χ3n) is 3.83. The molecule has 1 heterocycles. The number of rotatable bonds is 3. The Morgan fingerprint density at radius 3 is 2.65 bits per heavy atom. The standard InChI is InChI=1S/C15H20N2O3/c1-10-9-11(5-6-12(10)13(18)19)17-14(20)15(2)7-3-4-8-16-15/h5-6,9,16H,3-4,7-8H2,1-2H3,(H,17,20)(H,18,19). The number of carboxylic acids is 1. The van der Waals surface area contributed by atoms with Crippen molar-refractivity contribution in [1.82, 2.24) is 5.32 Å². The fourth-order valence-electron chi connectivity index (χ4n) is 2.50. The van der Waals surface area contributed by atoms with Gasteiger partial charge in [0.25, 0.3) is 0 Å². The summed E-state index contributed by atoms with van der Waals surface area (Å²) in [6.45, 7) is 4.47. The molecular weight excluding hydrogens is 256 g/mol. The van der Waals surface area contributed by atoms with Gasteiger partial charge < -0.3 is 15.7 Å². The largest absolute Gasteiger partial charge is 0.478 e. The van der Waals surface area contributed by atoms with Gasteiger partial charge in [-0.3, -0.25) is 4.79 Å². The molecule has 5 nitrogen and oxygen atoms in total.